The van der Waals surface area contributed by atoms with Gasteiger partial charge in [-0.15, -0.1) is 0 Å². The molecule has 7 nitrogen and oxygen atoms in total. The number of phenolic OH excluding ortho intramolecular Hbond substituents is 1. The van der Waals surface area contributed by atoms with Crippen molar-refractivity contribution in [1.29, 1.82) is 10.5 Å². The molecular weight excluding hydrogens is 428 g/mol. The summed E-state index contributed by atoms with van der Waals surface area (Å²) in [4.78, 5) is 6.57. The number of nitrogens with zero attached hydrogens (tertiary/aromatic N) is 2. The predicted octanol–water partition coefficient (Wildman–Crippen LogP) is 5.26. The zero-order valence-corrected chi connectivity index (χ0v) is 18.3. The molecule has 0 aliphatic heterocycles. The maximum Gasteiger partial charge on any atom is 0.188 e. The van der Waals surface area contributed by atoms with E-state index >= 15 is 0 Å². The molecule has 0 unspecified atom stereocenters. The fourth-order valence-electron chi connectivity index (χ4n) is 4.41. The minimum absolute atomic E-state index is 0.00104. The molecule has 0 saturated heterocycles. The summed E-state index contributed by atoms with van der Waals surface area (Å²) in [5.41, 5.74) is 5.23. The second-order valence-corrected chi connectivity index (χ2v) is 7.91. The van der Waals surface area contributed by atoms with Gasteiger partial charge in [-0.3, -0.25) is 0 Å². The van der Waals surface area contributed by atoms with Crippen LogP contribution in [-0.4, -0.2) is 29.0 Å². The van der Waals surface area contributed by atoms with Gasteiger partial charge in [0, 0.05) is 52.8 Å². The lowest BCUT2D eigenvalue weighted by atomic mass is 9.83. The normalized spacial score (nSPS) is 11.1. The van der Waals surface area contributed by atoms with Crippen molar-refractivity contribution in [2.75, 3.05) is 13.9 Å². The summed E-state index contributed by atoms with van der Waals surface area (Å²) < 4.78 is 10.6. The van der Waals surface area contributed by atoms with Crippen molar-refractivity contribution in [3.05, 3.63) is 94.8 Å². The second-order valence-electron chi connectivity index (χ2n) is 7.91. The molecule has 0 fully saturated rings. The highest BCUT2D eigenvalue weighted by Gasteiger charge is 2.27. The molecular formula is C27H20N4O3. The third-order valence-electron chi connectivity index (χ3n) is 5.98. The SMILES string of the molecule is COCOc1cccc(C(c2c[nH]c3ccc(C#N)cc23)c2c[nH]c3ccc(C#N)cc23)c1O. The van der Waals surface area contributed by atoms with Gasteiger partial charge in [0.2, 0.25) is 0 Å². The van der Waals surface area contributed by atoms with Gasteiger partial charge in [0.15, 0.2) is 18.3 Å². The van der Waals surface area contributed by atoms with Gasteiger partial charge in [-0.1, -0.05) is 12.1 Å². The molecule has 0 aliphatic carbocycles. The van der Waals surface area contributed by atoms with Crippen molar-refractivity contribution in [2.24, 2.45) is 0 Å². The summed E-state index contributed by atoms with van der Waals surface area (Å²) in [6.07, 6.45) is 3.79. The van der Waals surface area contributed by atoms with E-state index in [0.717, 1.165) is 32.9 Å². The number of phenols is 1. The van der Waals surface area contributed by atoms with Crippen molar-refractivity contribution < 1.29 is 14.6 Å². The minimum atomic E-state index is -0.420. The first-order chi connectivity index (χ1) is 16.6. The van der Waals surface area contributed by atoms with E-state index < -0.39 is 5.92 Å². The fraction of sp³-hybridized carbons (Fsp3) is 0.111. The minimum Gasteiger partial charge on any atom is -0.504 e. The number of rotatable bonds is 6. The average Bonchev–Trinajstić information content (AvgIpc) is 3.48. The van der Waals surface area contributed by atoms with Gasteiger partial charge in [0.25, 0.3) is 0 Å². The summed E-state index contributed by atoms with van der Waals surface area (Å²) in [7, 11) is 1.52. The molecule has 34 heavy (non-hydrogen) atoms. The summed E-state index contributed by atoms with van der Waals surface area (Å²) in [6.45, 7) is -0.00108. The Morgan fingerprint density at radius 1 is 0.853 bits per heavy atom. The lowest BCUT2D eigenvalue weighted by Crippen LogP contribution is -2.05. The summed E-state index contributed by atoms with van der Waals surface area (Å²) >= 11 is 0. The lowest BCUT2D eigenvalue weighted by molar-refractivity contribution is 0.0491. The molecule has 7 heteroatoms. The van der Waals surface area contributed by atoms with Crippen LogP contribution in [0.3, 0.4) is 0 Å². The van der Waals surface area contributed by atoms with E-state index in [1.54, 1.807) is 18.2 Å². The number of para-hydroxylation sites is 1. The highest BCUT2D eigenvalue weighted by atomic mass is 16.7. The number of fused-ring (bicyclic) bond motifs is 2. The van der Waals surface area contributed by atoms with Crippen LogP contribution in [-0.2, 0) is 4.74 Å². The molecule has 5 rings (SSSR count). The van der Waals surface area contributed by atoms with Crippen LogP contribution in [0.4, 0.5) is 0 Å². The van der Waals surface area contributed by atoms with Gasteiger partial charge in [0.1, 0.15) is 0 Å². The first-order valence-electron chi connectivity index (χ1n) is 10.6. The maximum absolute atomic E-state index is 11.2. The molecule has 0 aliphatic rings. The molecule has 5 aromatic rings. The Balaban J connectivity index is 1.80. The zero-order chi connectivity index (χ0) is 23.7. The molecule has 3 aromatic carbocycles. The molecule has 0 saturated carbocycles. The van der Waals surface area contributed by atoms with Crippen molar-refractivity contribution in [3.8, 4) is 23.6 Å². The molecule has 3 N–H and O–H groups in total. The van der Waals surface area contributed by atoms with E-state index in [9.17, 15) is 15.6 Å². The number of benzene rings is 3. The number of aromatic hydroxyl groups is 1. The second kappa shape index (κ2) is 8.67. The quantitative estimate of drug-likeness (QED) is 0.306. The van der Waals surface area contributed by atoms with Crippen LogP contribution in [0, 0.1) is 22.7 Å². The largest absolute Gasteiger partial charge is 0.504 e. The first kappa shape index (κ1) is 21.1. The zero-order valence-electron chi connectivity index (χ0n) is 18.3. The Morgan fingerprint density at radius 3 is 1.97 bits per heavy atom. The summed E-state index contributed by atoms with van der Waals surface area (Å²) in [5.74, 6) is -0.114. The van der Waals surface area contributed by atoms with Gasteiger partial charge in [-0.2, -0.15) is 10.5 Å². The molecule has 0 radical (unpaired) electrons. The number of hydrogen-bond donors (Lipinski definition) is 3. The van der Waals surface area contributed by atoms with Gasteiger partial charge in [0.05, 0.1) is 23.3 Å². The van der Waals surface area contributed by atoms with Crippen molar-refractivity contribution in [3.63, 3.8) is 0 Å². The van der Waals surface area contributed by atoms with Gasteiger partial charge < -0.3 is 24.5 Å². The van der Waals surface area contributed by atoms with E-state index in [1.165, 1.54) is 7.11 Å². The Kier molecular flexibility index (Phi) is 5.39. The van der Waals surface area contributed by atoms with E-state index in [4.69, 9.17) is 9.47 Å². The smallest absolute Gasteiger partial charge is 0.188 e. The number of nitrogens with one attached hydrogen (secondary N) is 2. The molecule has 0 amide bonds. The number of aromatic amines is 2. The summed E-state index contributed by atoms with van der Waals surface area (Å²) in [6, 6.07) is 20.7. The molecule has 0 spiro atoms. The van der Waals surface area contributed by atoms with E-state index in [1.807, 2.05) is 48.8 Å². The highest BCUT2D eigenvalue weighted by molar-refractivity contribution is 5.90. The van der Waals surface area contributed by atoms with Gasteiger partial charge in [-0.25, -0.2) is 0 Å². The van der Waals surface area contributed by atoms with Crippen LogP contribution in [0.15, 0.2) is 67.0 Å². The summed E-state index contributed by atoms with van der Waals surface area (Å²) in [5, 5.41) is 31.9. The van der Waals surface area contributed by atoms with Crippen molar-refractivity contribution >= 4 is 21.8 Å². The number of nitriles is 2. The van der Waals surface area contributed by atoms with Crippen molar-refractivity contribution in [2.45, 2.75) is 5.92 Å². The molecule has 2 heterocycles. The number of methoxy groups -OCH3 is 1. The van der Waals surface area contributed by atoms with E-state index in [-0.39, 0.29) is 12.5 Å². The van der Waals surface area contributed by atoms with Crippen LogP contribution in [0.25, 0.3) is 21.8 Å². The molecule has 166 valence electrons. The maximum atomic E-state index is 11.2. The highest BCUT2D eigenvalue weighted by Crippen LogP contribution is 2.45. The topological polar surface area (TPSA) is 118 Å². The standard InChI is InChI=1S/C27H20N4O3/c1-33-15-34-25-4-2-3-18(27(25)32)26(21-13-30-23-7-5-16(11-28)9-19(21)23)22-14-31-24-8-6-17(12-29)10-20(22)24/h2-10,13-14,26,30-32H,15H2,1H3. The molecule has 0 atom stereocenters. The van der Waals surface area contributed by atoms with Crippen molar-refractivity contribution in [1.82, 2.24) is 9.97 Å². The first-order valence-corrected chi connectivity index (χ1v) is 10.6. The third-order valence-corrected chi connectivity index (χ3v) is 5.98. The van der Waals surface area contributed by atoms with E-state index in [0.29, 0.717) is 22.4 Å². The van der Waals surface area contributed by atoms with Crippen LogP contribution < -0.4 is 4.74 Å². The van der Waals surface area contributed by atoms with Gasteiger partial charge >= 0.3 is 0 Å². The monoisotopic (exact) mass is 448 g/mol. The number of H-pyrrole nitrogens is 2. The lowest BCUT2D eigenvalue weighted by Gasteiger charge is -2.20. The predicted molar refractivity (Wildman–Crippen MR) is 128 cm³/mol. The van der Waals surface area contributed by atoms with E-state index in [2.05, 4.69) is 22.1 Å². The Bertz CT molecular complexity index is 1510. The van der Waals surface area contributed by atoms with Crippen LogP contribution in [0.2, 0.25) is 0 Å². The number of aromatic nitrogens is 2. The number of hydrogen-bond acceptors (Lipinski definition) is 5. The van der Waals surface area contributed by atoms with Crippen LogP contribution in [0.5, 0.6) is 11.5 Å². The fourth-order valence-corrected chi connectivity index (χ4v) is 4.41. The Hall–Kier alpha value is -4.72. The Labute approximate surface area is 195 Å². The Morgan fingerprint density at radius 2 is 1.44 bits per heavy atom. The molecule has 0 bridgehead atoms. The average molecular weight is 448 g/mol. The third kappa shape index (κ3) is 3.51. The van der Waals surface area contributed by atoms with Crippen LogP contribution in [0.1, 0.15) is 33.7 Å². The molecule has 2 aromatic heterocycles. The van der Waals surface area contributed by atoms with Gasteiger partial charge in [-0.05, 0) is 53.6 Å². The number of ether oxygens (including phenoxy) is 2. The van der Waals surface area contributed by atoms with Crippen LogP contribution >= 0.6 is 0 Å².